The van der Waals surface area contributed by atoms with Crippen LogP contribution in [0.25, 0.3) is 0 Å². The van der Waals surface area contributed by atoms with E-state index in [0.717, 1.165) is 22.4 Å². The first kappa shape index (κ1) is 17.5. The Bertz CT molecular complexity index is 706. The van der Waals surface area contributed by atoms with E-state index in [9.17, 15) is 4.79 Å². The predicted octanol–water partition coefficient (Wildman–Crippen LogP) is 3.23. The van der Waals surface area contributed by atoms with E-state index in [4.69, 9.17) is 9.47 Å². The van der Waals surface area contributed by atoms with Crippen molar-refractivity contribution in [1.82, 2.24) is 5.43 Å². The predicted molar refractivity (Wildman–Crippen MR) is 94.8 cm³/mol. The van der Waals surface area contributed by atoms with Gasteiger partial charge in [-0.25, -0.2) is 5.43 Å². The number of nitrogens with one attached hydrogen (secondary N) is 1. The zero-order chi connectivity index (χ0) is 17.4. The average Bonchev–Trinajstić information content (AvgIpc) is 2.54. The molecule has 0 aliphatic heterocycles. The smallest absolute Gasteiger partial charge is 0.277 e. The van der Waals surface area contributed by atoms with Gasteiger partial charge in [-0.3, -0.25) is 4.79 Å². The number of hydrazone groups is 1. The highest BCUT2D eigenvalue weighted by molar-refractivity contribution is 5.85. The molecule has 2 aromatic carbocycles. The quantitative estimate of drug-likeness (QED) is 0.628. The zero-order valence-corrected chi connectivity index (χ0v) is 14.2. The van der Waals surface area contributed by atoms with Crippen molar-refractivity contribution in [2.75, 3.05) is 13.2 Å². The maximum absolute atomic E-state index is 11.8. The summed E-state index contributed by atoms with van der Waals surface area (Å²) in [6.07, 6.45) is 1.56. The van der Waals surface area contributed by atoms with E-state index in [2.05, 4.69) is 10.5 Å². The van der Waals surface area contributed by atoms with Crippen LogP contribution in [-0.2, 0) is 4.79 Å². The van der Waals surface area contributed by atoms with Gasteiger partial charge in [-0.2, -0.15) is 5.10 Å². The molecule has 0 spiro atoms. The van der Waals surface area contributed by atoms with Crippen molar-refractivity contribution in [1.29, 1.82) is 0 Å². The minimum Gasteiger partial charge on any atom is -0.493 e. The maximum Gasteiger partial charge on any atom is 0.277 e. The highest BCUT2D eigenvalue weighted by Crippen LogP contribution is 2.16. The van der Waals surface area contributed by atoms with Crippen LogP contribution < -0.4 is 14.9 Å². The Morgan fingerprint density at radius 3 is 2.54 bits per heavy atom. The second-order valence-corrected chi connectivity index (χ2v) is 5.38. The highest BCUT2D eigenvalue weighted by Gasteiger charge is 2.03. The lowest BCUT2D eigenvalue weighted by Gasteiger charge is -2.07. The minimum atomic E-state index is -0.320. The fourth-order valence-corrected chi connectivity index (χ4v) is 2.25. The maximum atomic E-state index is 11.8. The van der Waals surface area contributed by atoms with E-state index in [1.54, 1.807) is 6.21 Å². The lowest BCUT2D eigenvalue weighted by atomic mass is 10.1. The van der Waals surface area contributed by atoms with Crippen LogP contribution in [0.4, 0.5) is 0 Å². The molecule has 0 atom stereocenters. The van der Waals surface area contributed by atoms with Crippen LogP contribution in [0.15, 0.2) is 47.6 Å². The fourth-order valence-electron chi connectivity index (χ4n) is 2.25. The second-order valence-electron chi connectivity index (χ2n) is 5.38. The van der Waals surface area contributed by atoms with Gasteiger partial charge in [0.15, 0.2) is 6.61 Å². The number of hydrogen-bond donors (Lipinski definition) is 1. The molecule has 0 saturated heterocycles. The molecule has 0 aliphatic carbocycles. The normalized spacial score (nSPS) is 10.6. The molecule has 0 saturated carbocycles. The molecule has 126 valence electrons. The van der Waals surface area contributed by atoms with Crippen molar-refractivity contribution in [3.05, 3.63) is 59.2 Å². The topological polar surface area (TPSA) is 59.9 Å². The number of nitrogens with zero attached hydrogens (tertiary/aromatic N) is 1. The Hall–Kier alpha value is -2.82. The third-order valence-electron chi connectivity index (χ3n) is 3.18. The molecular weight excluding hydrogens is 304 g/mol. The first-order chi connectivity index (χ1) is 11.6. The van der Waals surface area contributed by atoms with Crippen molar-refractivity contribution >= 4 is 12.1 Å². The van der Waals surface area contributed by atoms with E-state index >= 15 is 0 Å². The number of benzene rings is 2. The van der Waals surface area contributed by atoms with Crippen LogP contribution in [0, 0.1) is 13.8 Å². The summed E-state index contributed by atoms with van der Waals surface area (Å²) in [6.45, 7) is 6.37. The molecule has 2 aromatic rings. The molecule has 0 bridgehead atoms. The largest absolute Gasteiger partial charge is 0.493 e. The SMILES string of the molecule is CCOc1ccccc1/C=N\NC(=O)COc1cc(C)cc(C)c1. The van der Waals surface area contributed by atoms with Gasteiger partial charge in [-0.15, -0.1) is 0 Å². The van der Waals surface area contributed by atoms with Gasteiger partial charge in [0.2, 0.25) is 0 Å². The third kappa shape index (κ3) is 5.43. The summed E-state index contributed by atoms with van der Waals surface area (Å²) in [5.74, 6) is 1.08. The Morgan fingerprint density at radius 1 is 1.12 bits per heavy atom. The van der Waals surface area contributed by atoms with E-state index in [-0.39, 0.29) is 12.5 Å². The number of ether oxygens (including phenoxy) is 2. The van der Waals surface area contributed by atoms with Gasteiger partial charge < -0.3 is 9.47 Å². The van der Waals surface area contributed by atoms with Crippen molar-refractivity contribution in [3.63, 3.8) is 0 Å². The van der Waals surface area contributed by atoms with Gasteiger partial charge in [0, 0.05) is 5.56 Å². The summed E-state index contributed by atoms with van der Waals surface area (Å²) in [5.41, 5.74) is 5.44. The van der Waals surface area contributed by atoms with Crippen molar-refractivity contribution in [3.8, 4) is 11.5 Å². The lowest BCUT2D eigenvalue weighted by Crippen LogP contribution is -2.24. The first-order valence-corrected chi connectivity index (χ1v) is 7.83. The van der Waals surface area contributed by atoms with Crippen LogP contribution in [0.3, 0.4) is 0 Å². The third-order valence-corrected chi connectivity index (χ3v) is 3.18. The van der Waals surface area contributed by atoms with Crippen LogP contribution in [0.1, 0.15) is 23.6 Å². The molecule has 0 aromatic heterocycles. The number of amides is 1. The molecule has 0 unspecified atom stereocenters. The van der Waals surface area contributed by atoms with E-state index < -0.39 is 0 Å². The van der Waals surface area contributed by atoms with Crippen molar-refractivity contribution < 1.29 is 14.3 Å². The molecule has 1 N–H and O–H groups in total. The van der Waals surface area contributed by atoms with Gasteiger partial charge in [-0.05, 0) is 56.2 Å². The standard InChI is InChI=1S/C19H22N2O3/c1-4-23-18-8-6-5-7-16(18)12-20-21-19(22)13-24-17-10-14(2)9-15(3)11-17/h5-12H,4,13H2,1-3H3,(H,21,22)/b20-12-. The van der Waals surface area contributed by atoms with E-state index in [0.29, 0.717) is 12.4 Å². The summed E-state index contributed by atoms with van der Waals surface area (Å²) in [4.78, 5) is 11.8. The molecule has 0 radical (unpaired) electrons. The molecule has 1 amide bonds. The van der Waals surface area contributed by atoms with Gasteiger partial charge in [0.25, 0.3) is 5.91 Å². The monoisotopic (exact) mass is 326 g/mol. The van der Waals surface area contributed by atoms with Gasteiger partial charge in [0.1, 0.15) is 11.5 Å². The summed E-state index contributed by atoms with van der Waals surface area (Å²) in [6, 6.07) is 13.3. The second kappa shape index (κ2) is 8.72. The minimum absolute atomic E-state index is 0.0899. The van der Waals surface area contributed by atoms with Crippen LogP contribution in [0.5, 0.6) is 11.5 Å². The van der Waals surface area contributed by atoms with E-state index in [1.165, 1.54) is 0 Å². The zero-order valence-electron chi connectivity index (χ0n) is 14.2. The molecule has 5 heteroatoms. The molecular formula is C19H22N2O3. The highest BCUT2D eigenvalue weighted by atomic mass is 16.5. The van der Waals surface area contributed by atoms with Crippen LogP contribution in [0.2, 0.25) is 0 Å². The average molecular weight is 326 g/mol. The Balaban J connectivity index is 1.87. The molecule has 5 nitrogen and oxygen atoms in total. The molecule has 0 fully saturated rings. The number of carbonyl (C=O) groups is 1. The molecule has 24 heavy (non-hydrogen) atoms. The summed E-state index contributed by atoms with van der Waals surface area (Å²) < 4.78 is 11.0. The number of rotatable bonds is 7. The van der Waals surface area contributed by atoms with Gasteiger partial charge >= 0.3 is 0 Å². The number of hydrogen-bond acceptors (Lipinski definition) is 4. The summed E-state index contributed by atoms with van der Waals surface area (Å²) in [7, 11) is 0. The number of para-hydroxylation sites is 1. The number of aryl methyl sites for hydroxylation is 2. The molecule has 0 heterocycles. The Kier molecular flexibility index (Phi) is 6.37. The molecule has 2 rings (SSSR count). The van der Waals surface area contributed by atoms with E-state index in [1.807, 2.05) is 63.2 Å². The van der Waals surface area contributed by atoms with Gasteiger partial charge in [0.05, 0.1) is 12.8 Å². The van der Waals surface area contributed by atoms with Gasteiger partial charge in [-0.1, -0.05) is 18.2 Å². The lowest BCUT2D eigenvalue weighted by molar-refractivity contribution is -0.123. The molecule has 0 aliphatic rings. The summed E-state index contributed by atoms with van der Waals surface area (Å²) >= 11 is 0. The summed E-state index contributed by atoms with van der Waals surface area (Å²) in [5, 5.41) is 3.95. The first-order valence-electron chi connectivity index (χ1n) is 7.83. The van der Waals surface area contributed by atoms with Crippen LogP contribution in [-0.4, -0.2) is 25.3 Å². The fraction of sp³-hybridized carbons (Fsp3) is 0.263. The Morgan fingerprint density at radius 2 is 1.83 bits per heavy atom. The van der Waals surface area contributed by atoms with Crippen LogP contribution >= 0.6 is 0 Å². The van der Waals surface area contributed by atoms with Crippen molar-refractivity contribution in [2.24, 2.45) is 5.10 Å². The number of carbonyl (C=O) groups excluding carboxylic acids is 1. The Labute approximate surface area is 142 Å². The van der Waals surface area contributed by atoms with Crippen molar-refractivity contribution in [2.45, 2.75) is 20.8 Å².